The van der Waals surface area contributed by atoms with Crippen molar-refractivity contribution in [3.8, 4) is 22.3 Å². The van der Waals surface area contributed by atoms with Crippen LogP contribution in [0.1, 0.15) is 0 Å². The molecule has 0 radical (unpaired) electrons. The van der Waals surface area contributed by atoms with Gasteiger partial charge in [-0.05, 0) is 69.1 Å². The second-order valence-electron chi connectivity index (χ2n) is 6.37. The lowest BCUT2D eigenvalue weighted by Crippen LogP contribution is -1.82. The summed E-state index contributed by atoms with van der Waals surface area (Å²) in [5.74, 6) is 0. The Hall–Kier alpha value is -2.17. The number of benzene rings is 4. The number of rotatable bonds is 2. The van der Waals surface area contributed by atoms with E-state index in [-0.39, 0.29) is 0 Å². The Bertz CT molecular complexity index is 1250. The smallest absolute Gasteiger partial charge is 0.0433 e. The van der Waals surface area contributed by atoms with Gasteiger partial charge >= 0.3 is 0 Å². The van der Waals surface area contributed by atoms with Crippen LogP contribution in [0.15, 0.2) is 91.0 Å². The van der Waals surface area contributed by atoms with E-state index in [0.29, 0.717) is 0 Å². The fourth-order valence-corrected chi connectivity index (χ4v) is 5.29. The van der Waals surface area contributed by atoms with Gasteiger partial charge in [0.15, 0.2) is 0 Å². The van der Waals surface area contributed by atoms with E-state index in [9.17, 15) is 0 Å². The number of thiophene rings is 1. The average Bonchev–Trinajstić information content (AvgIpc) is 3.07. The number of hydrogen-bond donors (Lipinski definition) is 0. The molecular formula is C24H15IS. The van der Waals surface area contributed by atoms with Gasteiger partial charge in [-0.3, -0.25) is 0 Å². The summed E-state index contributed by atoms with van der Waals surface area (Å²) in [5.41, 5.74) is 5.12. The second kappa shape index (κ2) is 6.53. The van der Waals surface area contributed by atoms with Crippen molar-refractivity contribution >= 4 is 54.1 Å². The lowest BCUT2D eigenvalue weighted by Gasteiger charge is -2.08. The summed E-state index contributed by atoms with van der Waals surface area (Å²) in [4.78, 5) is 0. The molecule has 0 unspecified atom stereocenters. The molecule has 0 aliphatic rings. The summed E-state index contributed by atoms with van der Waals surface area (Å²) in [6.07, 6.45) is 0. The van der Waals surface area contributed by atoms with Crippen LogP contribution in [-0.4, -0.2) is 0 Å². The van der Waals surface area contributed by atoms with Gasteiger partial charge in [-0.2, -0.15) is 0 Å². The highest BCUT2D eigenvalue weighted by Crippen LogP contribution is 2.40. The Labute approximate surface area is 170 Å². The standard InChI is InChI=1S/C24H15IS/c25-19-9-4-7-17(15-19)16-6-3-8-18(14-16)20-11-5-12-22-21-10-1-2-13-23(21)26-24(20)22/h1-15H. The SMILES string of the molecule is Ic1cccc(-c2cccc(-c3cccc4c3sc3ccccc34)c2)c1. The van der Waals surface area contributed by atoms with Crippen molar-refractivity contribution in [2.75, 3.05) is 0 Å². The third-order valence-electron chi connectivity index (χ3n) is 4.74. The first kappa shape index (κ1) is 16.0. The van der Waals surface area contributed by atoms with Crippen molar-refractivity contribution in [3.63, 3.8) is 0 Å². The highest BCUT2D eigenvalue weighted by atomic mass is 127. The Morgan fingerprint density at radius 3 is 2.15 bits per heavy atom. The first-order valence-corrected chi connectivity index (χ1v) is 10.5. The third-order valence-corrected chi connectivity index (χ3v) is 6.63. The Morgan fingerprint density at radius 1 is 0.577 bits per heavy atom. The molecule has 0 nitrogen and oxygen atoms in total. The fraction of sp³-hybridized carbons (Fsp3) is 0. The minimum Gasteiger partial charge on any atom is -0.135 e. The molecule has 0 atom stereocenters. The zero-order valence-corrected chi connectivity index (χ0v) is 16.9. The monoisotopic (exact) mass is 462 g/mol. The fourth-order valence-electron chi connectivity index (χ4n) is 3.51. The summed E-state index contributed by atoms with van der Waals surface area (Å²) in [6.45, 7) is 0. The van der Waals surface area contributed by atoms with Crippen molar-refractivity contribution < 1.29 is 0 Å². The van der Waals surface area contributed by atoms with Crippen LogP contribution in [0, 0.1) is 3.57 Å². The van der Waals surface area contributed by atoms with Crippen molar-refractivity contribution in [1.82, 2.24) is 0 Å². The van der Waals surface area contributed by atoms with E-state index < -0.39 is 0 Å². The van der Waals surface area contributed by atoms with Crippen LogP contribution in [0.2, 0.25) is 0 Å². The van der Waals surface area contributed by atoms with Crippen LogP contribution in [0.4, 0.5) is 0 Å². The summed E-state index contributed by atoms with van der Waals surface area (Å²) in [5, 5.41) is 2.70. The zero-order chi connectivity index (χ0) is 17.5. The van der Waals surface area contributed by atoms with Gasteiger partial charge in [0.25, 0.3) is 0 Å². The quantitative estimate of drug-likeness (QED) is 0.233. The molecule has 4 aromatic carbocycles. The van der Waals surface area contributed by atoms with Crippen LogP contribution in [-0.2, 0) is 0 Å². The Kier molecular flexibility index (Phi) is 4.03. The highest BCUT2D eigenvalue weighted by molar-refractivity contribution is 14.1. The normalized spacial score (nSPS) is 11.3. The molecule has 124 valence electrons. The number of halogens is 1. The van der Waals surface area contributed by atoms with E-state index in [1.807, 2.05) is 11.3 Å². The van der Waals surface area contributed by atoms with Gasteiger partial charge in [-0.25, -0.2) is 0 Å². The third kappa shape index (κ3) is 2.74. The molecule has 0 aliphatic carbocycles. The number of fused-ring (bicyclic) bond motifs is 3. The summed E-state index contributed by atoms with van der Waals surface area (Å²) >= 11 is 4.26. The largest absolute Gasteiger partial charge is 0.135 e. The molecule has 0 N–H and O–H groups in total. The second-order valence-corrected chi connectivity index (χ2v) is 8.67. The molecule has 2 heteroatoms. The van der Waals surface area contributed by atoms with E-state index in [0.717, 1.165) is 0 Å². The summed E-state index contributed by atoms with van der Waals surface area (Å²) in [7, 11) is 0. The zero-order valence-electron chi connectivity index (χ0n) is 13.9. The molecule has 26 heavy (non-hydrogen) atoms. The lowest BCUT2D eigenvalue weighted by atomic mass is 9.98. The van der Waals surface area contributed by atoms with Gasteiger partial charge < -0.3 is 0 Å². The van der Waals surface area contributed by atoms with Gasteiger partial charge in [0, 0.05) is 23.7 Å². The predicted octanol–water partition coefficient (Wildman–Crippen LogP) is 7.99. The van der Waals surface area contributed by atoms with E-state index in [1.54, 1.807) is 0 Å². The maximum Gasteiger partial charge on any atom is 0.0433 e. The van der Waals surface area contributed by atoms with Gasteiger partial charge in [0.05, 0.1) is 0 Å². The minimum atomic E-state index is 1.26. The maximum absolute atomic E-state index is 2.37. The van der Waals surface area contributed by atoms with Gasteiger partial charge in [0.2, 0.25) is 0 Å². The van der Waals surface area contributed by atoms with Crippen LogP contribution in [0.25, 0.3) is 42.4 Å². The molecule has 0 bridgehead atoms. The van der Waals surface area contributed by atoms with E-state index in [1.165, 1.54) is 46.0 Å². The molecule has 1 heterocycles. The van der Waals surface area contributed by atoms with E-state index in [2.05, 4.69) is 114 Å². The molecule has 0 saturated heterocycles. The van der Waals surface area contributed by atoms with Crippen molar-refractivity contribution in [2.24, 2.45) is 0 Å². The predicted molar refractivity (Wildman–Crippen MR) is 123 cm³/mol. The van der Waals surface area contributed by atoms with E-state index in [4.69, 9.17) is 0 Å². The van der Waals surface area contributed by atoms with E-state index >= 15 is 0 Å². The lowest BCUT2D eigenvalue weighted by molar-refractivity contribution is 1.58. The van der Waals surface area contributed by atoms with Crippen LogP contribution in [0.3, 0.4) is 0 Å². The molecule has 0 saturated carbocycles. The minimum absolute atomic E-state index is 1.26. The summed E-state index contributed by atoms with van der Waals surface area (Å²) < 4.78 is 3.98. The Morgan fingerprint density at radius 2 is 1.27 bits per heavy atom. The Balaban J connectivity index is 1.72. The average molecular weight is 462 g/mol. The van der Waals surface area contributed by atoms with Gasteiger partial charge in [0.1, 0.15) is 0 Å². The van der Waals surface area contributed by atoms with Gasteiger partial charge in [-0.15, -0.1) is 11.3 Å². The molecule has 5 rings (SSSR count). The molecule has 0 aliphatic heterocycles. The van der Waals surface area contributed by atoms with Crippen LogP contribution < -0.4 is 0 Å². The molecule has 0 spiro atoms. The topological polar surface area (TPSA) is 0 Å². The van der Waals surface area contributed by atoms with Crippen molar-refractivity contribution in [3.05, 3.63) is 94.6 Å². The first-order valence-electron chi connectivity index (χ1n) is 8.56. The number of hydrogen-bond acceptors (Lipinski definition) is 1. The molecule has 0 fully saturated rings. The van der Waals surface area contributed by atoms with Gasteiger partial charge in [-0.1, -0.05) is 66.7 Å². The molecule has 0 amide bonds. The molecule has 1 aromatic heterocycles. The van der Waals surface area contributed by atoms with Crippen LogP contribution in [0.5, 0.6) is 0 Å². The highest BCUT2D eigenvalue weighted by Gasteiger charge is 2.10. The van der Waals surface area contributed by atoms with Crippen molar-refractivity contribution in [2.45, 2.75) is 0 Å². The van der Waals surface area contributed by atoms with Crippen LogP contribution >= 0.6 is 33.9 Å². The first-order chi connectivity index (χ1) is 12.8. The van der Waals surface area contributed by atoms with Crippen molar-refractivity contribution in [1.29, 1.82) is 0 Å². The molecule has 5 aromatic rings. The maximum atomic E-state index is 2.37. The summed E-state index contributed by atoms with van der Waals surface area (Å²) in [6, 6.07) is 32.9. The molecular weight excluding hydrogens is 447 g/mol.